The van der Waals surface area contributed by atoms with Crippen molar-refractivity contribution < 1.29 is 0 Å². The Morgan fingerprint density at radius 2 is 1.71 bits per heavy atom. The van der Waals surface area contributed by atoms with E-state index < -0.39 is 0 Å². The van der Waals surface area contributed by atoms with Gasteiger partial charge >= 0.3 is 6.54 Å². The van der Waals surface area contributed by atoms with Crippen LogP contribution in [0, 0.1) is 5.39 Å². The Bertz CT molecular complexity index is 306. The lowest BCUT2D eigenvalue weighted by Crippen LogP contribution is -2.21. The van der Waals surface area contributed by atoms with E-state index in [9.17, 15) is 0 Å². The van der Waals surface area contributed by atoms with Gasteiger partial charge in [0.25, 0.3) is 0 Å². The minimum Gasteiger partial charge on any atom is -0.372 e. The average Bonchev–Trinajstić information content (AvgIpc) is 2.23. The van der Waals surface area contributed by atoms with Crippen LogP contribution in [0.25, 0.3) is 4.98 Å². The summed E-state index contributed by atoms with van der Waals surface area (Å²) in [7, 11) is 0. The third-order valence-corrected chi connectivity index (χ3v) is 2.32. The molecule has 0 N–H and O–H groups in total. The van der Waals surface area contributed by atoms with E-state index in [1.54, 1.807) is 0 Å². The van der Waals surface area contributed by atoms with E-state index in [4.69, 9.17) is 5.39 Å². The van der Waals surface area contributed by atoms with Crippen molar-refractivity contribution >= 4 is 5.69 Å². The average molecular weight is 190 g/mol. The molecule has 0 amide bonds. The second-order valence-electron chi connectivity index (χ2n) is 3.14. The maximum Gasteiger partial charge on any atom is 0.330 e. The van der Waals surface area contributed by atoms with E-state index in [0.29, 0.717) is 6.54 Å². The lowest BCUT2D eigenvalue weighted by atomic mass is 10.2. The van der Waals surface area contributed by atoms with Crippen LogP contribution in [0.1, 0.15) is 19.4 Å². The molecule has 0 aliphatic heterocycles. The summed E-state index contributed by atoms with van der Waals surface area (Å²) in [5, 5.41) is 8.41. The van der Waals surface area contributed by atoms with Crippen molar-refractivity contribution in [1.82, 2.24) is 0 Å². The first-order valence-corrected chi connectivity index (χ1v) is 4.96. The van der Waals surface area contributed by atoms with Gasteiger partial charge in [-0.3, -0.25) is 0 Å². The van der Waals surface area contributed by atoms with Gasteiger partial charge in [0, 0.05) is 24.3 Å². The smallest absolute Gasteiger partial charge is 0.330 e. The maximum absolute atomic E-state index is 8.41. The summed E-state index contributed by atoms with van der Waals surface area (Å²) in [5.41, 5.74) is 2.25. The van der Waals surface area contributed by atoms with Gasteiger partial charge in [-0.25, -0.2) is 0 Å². The van der Waals surface area contributed by atoms with Gasteiger partial charge < -0.3 is 4.90 Å². The molecule has 0 aliphatic rings. The Labute approximate surface area is 85.0 Å². The molecule has 1 rings (SSSR count). The highest BCUT2D eigenvalue weighted by Crippen LogP contribution is 2.15. The Morgan fingerprint density at radius 3 is 2.14 bits per heavy atom. The predicted octanol–water partition coefficient (Wildman–Crippen LogP) is 2.89. The fourth-order valence-electron chi connectivity index (χ4n) is 1.48. The van der Waals surface area contributed by atoms with Crippen molar-refractivity contribution in [3.8, 4) is 0 Å². The van der Waals surface area contributed by atoms with Crippen LogP contribution in [0.15, 0.2) is 24.3 Å². The molecule has 1 aromatic carbocycles. The molecular formula is C11H16N3+. The fraction of sp³-hybridized carbons (Fsp3) is 0.455. The van der Waals surface area contributed by atoms with Crippen LogP contribution in [-0.4, -0.2) is 13.1 Å². The molecule has 3 nitrogen and oxygen atoms in total. The SMILES string of the molecule is CCN(CC)c1ccc(C[N+]#N)cc1. The highest BCUT2D eigenvalue weighted by molar-refractivity contribution is 5.47. The van der Waals surface area contributed by atoms with Gasteiger partial charge in [-0.15, -0.1) is 0 Å². The molecule has 0 saturated heterocycles. The monoisotopic (exact) mass is 190 g/mol. The Balaban J connectivity index is 2.77. The van der Waals surface area contributed by atoms with Gasteiger partial charge in [0.1, 0.15) is 4.98 Å². The topological polar surface area (TPSA) is 31.4 Å². The quantitative estimate of drug-likeness (QED) is 0.683. The number of anilines is 1. The molecule has 0 heterocycles. The number of benzene rings is 1. The molecular weight excluding hydrogens is 174 g/mol. The van der Waals surface area contributed by atoms with Crippen LogP contribution in [-0.2, 0) is 6.54 Å². The Morgan fingerprint density at radius 1 is 1.14 bits per heavy atom. The molecule has 3 heteroatoms. The summed E-state index contributed by atoms with van der Waals surface area (Å²) in [6, 6.07) is 8.11. The second-order valence-corrected chi connectivity index (χ2v) is 3.14. The van der Waals surface area contributed by atoms with Crippen molar-refractivity contribution in [2.24, 2.45) is 0 Å². The number of nitrogens with zero attached hydrogens (tertiary/aromatic N) is 3. The third-order valence-electron chi connectivity index (χ3n) is 2.32. The zero-order valence-corrected chi connectivity index (χ0v) is 8.77. The summed E-state index contributed by atoms with van der Waals surface area (Å²) in [4.78, 5) is 5.38. The predicted molar refractivity (Wildman–Crippen MR) is 58.8 cm³/mol. The molecule has 14 heavy (non-hydrogen) atoms. The Hall–Kier alpha value is -1.56. The molecule has 0 atom stereocenters. The van der Waals surface area contributed by atoms with Crippen LogP contribution in [0.5, 0.6) is 0 Å². The molecule has 0 aliphatic carbocycles. The van der Waals surface area contributed by atoms with Crippen LogP contribution >= 0.6 is 0 Å². The first-order chi connectivity index (χ1) is 6.81. The number of diazo groups is 1. The van der Waals surface area contributed by atoms with E-state index >= 15 is 0 Å². The van der Waals surface area contributed by atoms with Crippen molar-refractivity contribution in [3.63, 3.8) is 0 Å². The van der Waals surface area contributed by atoms with E-state index in [1.807, 2.05) is 12.1 Å². The standard InChI is InChI=1S/C11H16N3/c1-3-14(4-2)11-7-5-10(6-8-11)9-13-12/h5-8H,3-4,9H2,1-2H3/q+1. The molecule has 1 aromatic rings. The van der Waals surface area contributed by atoms with Gasteiger partial charge in [0.05, 0.1) is 0 Å². The molecule has 0 aromatic heterocycles. The maximum atomic E-state index is 8.41. The summed E-state index contributed by atoms with van der Waals surface area (Å²) >= 11 is 0. The number of hydrogen-bond donors (Lipinski definition) is 0. The minimum absolute atomic E-state index is 0.374. The lowest BCUT2D eigenvalue weighted by molar-refractivity contribution is 0.866. The first kappa shape index (κ1) is 10.5. The summed E-state index contributed by atoms with van der Waals surface area (Å²) < 4.78 is 0. The normalized spacial score (nSPS) is 9.50. The molecule has 0 spiro atoms. The van der Waals surface area contributed by atoms with Gasteiger partial charge in [-0.05, 0) is 38.1 Å². The lowest BCUT2D eigenvalue weighted by Gasteiger charge is -2.20. The molecule has 0 radical (unpaired) electrons. The van der Waals surface area contributed by atoms with Crippen LogP contribution in [0.4, 0.5) is 5.69 Å². The van der Waals surface area contributed by atoms with Crippen LogP contribution in [0.2, 0.25) is 0 Å². The van der Waals surface area contributed by atoms with E-state index in [0.717, 1.165) is 18.7 Å². The van der Waals surface area contributed by atoms with Crippen LogP contribution in [0.3, 0.4) is 0 Å². The van der Waals surface area contributed by atoms with E-state index in [1.165, 1.54) is 5.69 Å². The van der Waals surface area contributed by atoms with Crippen molar-refractivity contribution in [2.75, 3.05) is 18.0 Å². The van der Waals surface area contributed by atoms with Gasteiger partial charge in [-0.1, -0.05) is 0 Å². The minimum atomic E-state index is 0.374. The van der Waals surface area contributed by atoms with Gasteiger partial charge in [0.2, 0.25) is 5.39 Å². The Kier molecular flexibility index (Phi) is 3.93. The summed E-state index contributed by atoms with van der Waals surface area (Å²) in [6.45, 7) is 6.68. The zero-order chi connectivity index (χ0) is 10.4. The highest BCUT2D eigenvalue weighted by Gasteiger charge is 2.03. The van der Waals surface area contributed by atoms with Crippen molar-refractivity contribution in [2.45, 2.75) is 20.4 Å². The third kappa shape index (κ3) is 2.46. The summed E-state index contributed by atoms with van der Waals surface area (Å²) in [5.74, 6) is 0. The van der Waals surface area contributed by atoms with E-state index in [2.05, 4.69) is 35.9 Å². The second kappa shape index (κ2) is 5.23. The van der Waals surface area contributed by atoms with Crippen molar-refractivity contribution in [3.05, 3.63) is 34.8 Å². The number of hydrogen-bond acceptors (Lipinski definition) is 2. The molecule has 0 saturated carbocycles. The summed E-state index contributed by atoms with van der Waals surface area (Å²) in [6.07, 6.45) is 0. The zero-order valence-electron chi connectivity index (χ0n) is 8.77. The largest absolute Gasteiger partial charge is 0.372 e. The molecule has 0 bridgehead atoms. The molecule has 0 unspecified atom stereocenters. The first-order valence-electron chi connectivity index (χ1n) is 4.96. The fourth-order valence-corrected chi connectivity index (χ4v) is 1.48. The van der Waals surface area contributed by atoms with Gasteiger partial charge in [0.15, 0.2) is 0 Å². The van der Waals surface area contributed by atoms with Crippen LogP contribution < -0.4 is 4.90 Å². The highest BCUT2D eigenvalue weighted by atomic mass is 15.1. The van der Waals surface area contributed by atoms with E-state index in [-0.39, 0.29) is 0 Å². The number of rotatable bonds is 4. The van der Waals surface area contributed by atoms with Gasteiger partial charge in [-0.2, -0.15) is 0 Å². The molecule has 74 valence electrons. The molecule has 0 fully saturated rings. The van der Waals surface area contributed by atoms with Crippen molar-refractivity contribution in [1.29, 1.82) is 5.39 Å².